The van der Waals surface area contributed by atoms with Gasteiger partial charge in [-0.15, -0.1) is 0 Å². The first-order valence-corrected chi connectivity index (χ1v) is 9.65. The predicted octanol–water partition coefficient (Wildman–Crippen LogP) is 1.32. The van der Waals surface area contributed by atoms with Gasteiger partial charge in [-0.3, -0.25) is 14.2 Å². The first kappa shape index (κ1) is 19.7. The number of anilines is 3. The van der Waals surface area contributed by atoms with Crippen LogP contribution in [-0.4, -0.2) is 28.1 Å². The number of carbonyl (C=O) groups is 1. The molecule has 8 nitrogen and oxygen atoms in total. The van der Waals surface area contributed by atoms with Crippen molar-refractivity contribution in [1.82, 2.24) is 9.13 Å². The Kier molecular flexibility index (Phi) is 5.87. The molecule has 0 spiro atoms. The molecule has 8 heteroatoms. The van der Waals surface area contributed by atoms with E-state index in [1.807, 2.05) is 30.0 Å². The number of nitrogens with one attached hydrogen (secondary N) is 1. The number of rotatable bonds is 5. The summed E-state index contributed by atoms with van der Waals surface area (Å²) in [6.07, 6.45) is 3.89. The number of nitrogens with two attached hydrogens (primary N) is 1. The van der Waals surface area contributed by atoms with E-state index in [-0.39, 0.29) is 12.4 Å². The third-order valence-electron chi connectivity index (χ3n) is 5.16. The molecule has 1 amide bonds. The molecular formula is C20H27N5O3. The Morgan fingerprint density at radius 1 is 1.18 bits per heavy atom. The number of nitrogen functional groups attached to an aromatic ring is 1. The average molecular weight is 385 g/mol. The zero-order chi connectivity index (χ0) is 20.3. The average Bonchev–Trinajstić information content (AvgIpc) is 2.71. The van der Waals surface area contributed by atoms with E-state index in [0.717, 1.165) is 35.8 Å². The van der Waals surface area contributed by atoms with Crippen molar-refractivity contribution in [3.05, 3.63) is 50.7 Å². The second kappa shape index (κ2) is 8.33. The number of aromatic nitrogens is 2. The molecule has 1 aromatic carbocycles. The minimum Gasteiger partial charge on any atom is -0.383 e. The molecule has 1 fully saturated rings. The van der Waals surface area contributed by atoms with E-state index in [0.29, 0.717) is 24.5 Å². The molecule has 3 rings (SSSR count). The molecule has 0 unspecified atom stereocenters. The molecule has 0 aliphatic carbocycles. The molecule has 150 valence electrons. The summed E-state index contributed by atoms with van der Waals surface area (Å²) in [5, 5.41) is 2.76. The number of amides is 1. The van der Waals surface area contributed by atoms with Crippen LogP contribution in [0.3, 0.4) is 0 Å². The third-order valence-corrected chi connectivity index (χ3v) is 5.16. The second-order valence-electron chi connectivity index (χ2n) is 7.12. The van der Waals surface area contributed by atoms with Gasteiger partial charge in [0.15, 0.2) is 0 Å². The van der Waals surface area contributed by atoms with Gasteiger partial charge in [0.1, 0.15) is 18.1 Å². The molecule has 1 aliphatic rings. The Balaban J connectivity index is 1.90. The fraction of sp³-hybridized carbons (Fsp3) is 0.450. The number of aryl methyl sites for hydroxylation is 1. The lowest BCUT2D eigenvalue weighted by atomic mass is 10.1. The first-order valence-electron chi connectivity index (χ1n) is 9.65. The molecule has 0 radical (unpaired) electrons. The highest BCUT2D eigenvalue weighted by atomic mass is 16.2. The van der Waals surface area contributed by atoms with E-state index in [1.165, 1.54) is 11.6 Å². The van der Waals surface area contributed by atoms with Crippen molar-refractivity contribution >= 4 is 23.1 Å². The highest BCUT2D eigenvalue weighted by molar-refractivity contribution is 5.90. The van der Waals surface area contributed by atoms with Crippen LogP contribution >= 0.6 is 0 Å². The van der Waals surface area contributed by atoms with E-state index in [2.05, 4.69) is 5.32 Å². The normalized spacial score (nSPS) is 14.1. The number of hydrogen-bond donors (Lipinski definition) is 2. The monoisotopic (exact) mass is 385 g/mol. The van der Waals surface area contributed by atoms with Gasteiger partial charge < -0.3 is 16.0 Å². The maximum absolute atomic E-state index is 13.0. The van der Waals surface area contributed by atoms with Gasteiger partial charge in [-0.2, -0.15) is 0 Å². The lowest BCUT2D eigenvalue weighted by Gasteiger charge is -2.29. The largest absolute Gasteiger partial charge is 0.383 e. The van der Waals surface area contributed by atoms with Crippen LogP contribution in [0.25, 0.3) is 0 Å². The summed E-state index contributed by atoms with van der Waals surface area (Å²) < 4.78 is 2.19. The summed E-state index contributed by atoms with van der Waals surface area (Å²) in [6.45, 7) is 3.10. The number of benzene rings is 1. The number of nitrogens with zero attached hydrogens (tertiary/aromatic N) is 3. The van der Waals surface area contributed by atoms with Crippen LogP contribution in [0.1, 0.15) is 31.7 Å². The molecule has 3 N–H and O–H groups in total. The molecule has 1 aliphatic heterocycles. The molecule has 0 saturated carbocycles. The fourth-order valence-electron chi connectivity index (χ4n) is 3.53. The number of hydrogen-bond acceptors (Lipinski definition) is 5. The van der Waals surface area contributed by atoms with Gasteiger partial charge in [-0.05, 0) is 43.4 Å². The lowest BCUT2D eigenvalue weighted by Crippen LogP contribution is -2.46. The van der Waals surface area contributed by atoms with Crippen molar-refractivity contribution in [2.24, 2.45) is 7.05 Å². The highest BCUT2D eigenvalue weighted by Gasteiger charge is 2.23. The minimum atomic E-state index is -0.597. The summed E-state index contributed by atoms with van der Waals surface area (Å²) >= 11 is 0. The van der Waals surface area contributed by atoms with Crippen LogP contribution in [0.2, 0.25) is 0 Å². The molecule has 1 aromatic heterocycles. The van der Waals surface area contributed by atoms with Crippen molar-refractivity contribution in [3.8, 4) is 0 Å². The van der Waals surface area contributed by atoms with Crippen molar-refractivity contribution in [2.75, 3.05) is 29.0 Å². The smallest absolute Gasteiger partial charge is 0.332 e. The maximum atomic E-state index is 13.0. The van der Waals surface area contributed by atoms with Crippen LogP contribution < -0.4 is 27.2 Å². The van der Waals surface area contributed by atoms with E-state index in [1.54, 1.807) is 6.07 Å². The molecular weight excluding hydrogens is 358 g/mol. The van der Waals surface area contributed by atoms with E-state index in [4.69, 9.17) is 5.73 Å². The summed E-state index contributed by atoms with van der Waals surface area (Å²) in [7, 11) is 1.52. The van der Waals surface area contributed by atoms with Gasteiger partial charge in [0, 0.05) is 25.8 Å². The number of carbonyl (C=O) groups excluding carboxylic acids is 1. The Morgan fingerprint density at radius 2 is 1.89 bits per heavy atom. The van der Waals surface area contributed by atoms with Crippen molar-refractivity contribution in [3.63, 3.8) is 0 Å². The molecule has 0 atom stereocenters. The van der Waals surface area contributed by atoms with Gasteiger partial charge in [0.25, 0.3) is 5.56 Å². The summed E-state index contributed by atoms with van der Waals surface area (Å²) in [4.78, 5) is 40.0. The third kappa shape index (κ3) is 3.95. The van der Waals surface area contributed by atoms with Crippen molar-refractivity contribution < 1.29 is 4.79 Å². The summed E-state index contributed by atoms with van der Waals surface area (Å²) in [5.74, 6) is -0.286. The van der Waals surface area contributed by atoms with Crippen molar-refractivity contribution in [2.45, 2.75) is 39.2 Å². The van der Waals surface area contributed by atoms with Gasteiger partial charge in [0.05, 0.1) is 0 Å². The van der Waals surface area contributed by atoms with E-state index >= 15 is 0 Å². The minimum absolute atomic E-state index is 0.143. The quantitative estimate of drug-likeness (QED) is 0.808. The molecule has 1 saturated heterocycles. The molecule has 2 heterocycles. The molecule has 0 bridgehead atoms. The van der Waals surface area contributed by atoms with Gasteiger partial charge in [-0.25, -0.2) is 9.36 Å². The second-order valence-corrected chi connectivity index (χ2v) is 7.12. The van der Waals surface area contributed by atoms with Crippen LogP contribution in [0.4, 0.5) is 17.2 Å². The van der Waals surface area contributed by atoms with Crippen molar-refractivity contribution in [1.29, 1.82) is 0 Å². The van der Waals surface area contributed by atoms with Crippen LogP contribution in [0.5, 0.6) is 0 Å². The summed E-state index contributed by atoms with van der Waals surface area (Å²) in [5.41, 5.74) is 7.00. The first-order chi connectivity index (χ1) is 13.4. The predicted molar refractivity (Wildman–Crippen MR) is 111 cm³/mol. The summed E-state index contributed by atoms with van der Waals surface area (Å²) in [6, 6.07) is 7.49. The zero-order valence-electron chi connectivity index (χ0n) is 16.4. The van der Waals surface area contributed by atoms with Crippen LogP contribution in [0.15, 0.2) is 33.9 Å². The Labute approximate surface area is 163 Å². The Bertz CT molecular complexity index is 986. The van der Waals surface area contributed by atoms with Gasteiger partial charge in [0.2, 0.25) is 5.91 Å². The van der Waals surface area contributed by atoms with Gasteiger partial charge >= 0.3 is 5.69 Å². The zero-order valence-corrected chi connectivity index (χ0v) is 16.4. The molecule has 28 heavy (non-hydrogen) atoms. The fourth-order valence-corrected chi connectivity index (χ4v) is 3.53. The van der Waals surface area contributed by atoms with E-state index < -0.39 is 17.2 Å². The topological polar surface area (TPSA) is 102 Å². The van der Waals surface area contributed by atoms with Crippen LogP contribution in [0, 0.1) is 0 Å². The van der Waals surface area contributed by atoms with E-state index in [9.17, 15) is 14.4 Å². The molecule has 2 aromatic rings. The van der Waals surface area contributed by atoms with Crippen LogP contribution in [-0.2, 0) is 24.8 Å². The number of piperidine rings is 1. The van der Waals surface area contributed by atoms with Gasteiger partial charge in [-0.1, -0.05) is 19.1 Å². The Morgan fingerprint density at radius 3 is 2.57 bits per heavy atom. The SMILES string of the molecule is CCc1cccc(NC(=O)Cn2c(=O)c(N3CCCCC3)c(N)n(C)c2=O)c1. The lowest BCUT2D eigenvalue weighted by molar-refractivity contribution is -0.116. The Hall–Kier alpha value is -3.03. The maximum Gasteiger partial charge on any atom is 0.332 e. The highest BCUT2D eigenvalue weighted by Crippen LogP contribution is 2.21. The standard InChI is InChI=1S/C20H27N5O3/c1-3-14-8-7-9-15(12-14)22-16(26)13-25-19(27)17(18(21)23(2)20(25)28)24-10-5-4-6-11-24/h7-9,12H,3-6,10-11,13,21H2,1-2H3,(H,22,26).